The van der Waals surface area contributed by atoms with Crippen molar-refractivity contribution in [3.63, 3.8) is 0 Å². The van der Waals surface area contributed by atoms with E-state index in [1.54, 1.807) is 17.4 Å². The molecule has 3 aromatic rings. The van der Waals surface area contributed by atoms with Crippen molar-refractivity contribution in [1.29, 1.82) is 0 Å². The van der Waals surface area contributed by atoms with Crippen LogP contribution in [0.2, 0.25) is 0 Å². The number of hydrogen-bond donors (Lipinski definition) is 0. The molecule has 132 valence electrons. The van der Waals surface area contributed by atoms with Crippen LogP contribution in [-0.2, 0) is 0 Å². The molecule has 0 bridgehead atoms. The van der Waals surface area contributed by atoms with Crippen LogP contribution in [-0.4, -0.2) is 33.6 Å². The number of benzene rings is 2. The Balaban J connectivity index is 1.69. The highest BCUT2D eigenvalue weighted by atomic mass is 16.6. The van der Waals surface area contributed by atoms with Crippen LogP contribution in [0.5, 0.6) is 5.88 Å². The minimum absolute atomic E-state index is 0.110. The maximum absolute atomic E-state index is 12.4. The molecule has 0 unspecified atom stereocenters. The molecule has 0 radical (unpaired) electrons. The minimum atomic E-state index is -0.302. The number of nitrogens with zero attached hydrogens (tertiary/aromatic N) is 3. The Morgan fingerprint density at radius 2 is 1.50 bits per heavy atom. The van der Waals surface area contributed by atoms with Gasteiger partial charge in [0.2, 0.25) is 5.88 Å². The van der Waals surface area contributed by atoms with Crippen molar-refractivity contribution in [2.45, 2.75) is 18.9 Å². The average Bonchev–Trinajstić information content (AvgIpc) is 3.37. The summed E-state index contributed by atoms with van der Waals surface area (Å²) in [5, 5.41) is 0. The number of likely N-dealkylation sites (tertiary alicyclic amines) is 1. The number of carbonyl (C=O) groups is 1. The monoisotopic (exact) mass is 347 g/mol. The van der Waals surface area contributed by atoms with Crippen molar-refractivity contribution in [1.82, 2.24) is 14.5 Å². The predicted molar refractivity (Wildman–Crippen MR) is 99.2 cm³/mol. The van der Waals surface area contributed by atoms with Gasteiger partial charge in [0.25, 0.3) is 0 Å². The molecule has 4 rings (SSSR count). The molecule has 0 saturated carbocycles. The molecule has 2 heterocycles. The zero-order valence-corrected chi connectivity index (χ0v) is 14.5. The fourth-order valence-electron chi connectivity index (χ4n) is 3.40. The molecular formula is C21H21N3O2. The zero-order chi connectivity index (χ0) is 17.8. The lowest BCUT2D eigenvalue weighted by Gasteiger charge is -2.22. The Kier molecular flexibility index (Phi) is 4.69. The molecule has 0 spiro atoms. The van der Waals surface area contributed by atoms with Crippen LogP contribution in [0.3, 0.4) is 0 Å². The van der Waals surface area contributed by atoms with Crippen LogP contribution in [0, 0.1) is 0 Å². The first-order valence-electron chi connectivity index (χ1n) is 8.91. The van der Waals surface area contributed by atoms with Gasteiger partial charge in [-0.3, -0.25) is 4.57 Å². The lowest BCUT2D eigenvalue weighted by molar-refractivity contribution is 0.158. The summed E-state index contributed by atoms with van der Waals surface area (Å²) in [5.74, 6) is 0.458. The number of aromatic nitrogens is 2. The Labute approximate surface area is 152 Å². The Hall–Kier alpha value is -3.08. The molecular weight excluding hydrogens is 326 g/mol. The van der Waals surface area contributed by atoms with Gasteiger partial charge in [-0.15, -0.1) is 0 Å². The zero-order valence-electron chi connectivity index (χ0n) is 14.5. The molecule has 1 aliphatic heterocycles. The largest absolute Gasteiger partial charge is 0.416 e. The summed E-state index contributed by atoms with van der Waals surface area (Å²) in [6, 6.07) is 20.2. The summed E-state index contributed by atoms with van der Waals surface area (Å²) in [7, 11) is 0. The molecule has 1 aromatic heterocycles. The molecule has 2 aromatic carbocycles. The third-order valence-electron chi connectivity index (χ3n) is 4.70. The van der Waals surface area contributed by atoms with Crippen LogP contribution < -0.4 is 4.74 Å². The number of rotatable bonds is 4. The van der Waals surface area contributed by atoms with Gasteiger partial charge >= 0.3 is 6.09 Å². The number of amides is 1. The van der Waals surface area contributed by atoms with E-state index in [-0.39, 0.29) is 12.1 Å². The molecule has 1 fully saturated rings. The molecule has 1 saturated heterocycles. The molecule has 26 heavy (non-hydrogen) atoms. The van der Waals surface area contributed by atoms with Crippen LogP contribution in [0.1, 0.15) is 30.0 Å². The molecule has 1 aliphatic rings. The van der Waals surface area contributed by atoms with E-state index in [0.29, 0.717) is 5.88 Å². The van der Waals surface area contributed by atoms with Gasteiger partial charge < -0.3 is 9.64 Å². The highest BCUT2D eigenvalue weighted by Crippen LogP contribution is 2.30. The second-order valence-corrected chi connectivity index (χ2v) is 6.43. The summed E-state index contributed by atoms with van der Waals surface area (Å²) in [4.78, 5) is 18.4. The number of carbonyl (C=O) groups excluding carboxylic acids is 1. The van der Waals surface area contributed by atoms with Crippen LogP contribution in [0.25, 0.3) is 0 Å². The summed E-state index contributed by atoms with van der Waals surface area (Å²) in [6.07, 6.45) is 5.09. The van der Waals surface area contributed by atoms with Crippen LogP contribution in [0.4, 0.5) is 4.79 Å². The van der Waals surface area contributed by atoms with E-state index < -0.39 is 0 Å². The predicted octanol–water partition coefficient (Wildman–Crippen LogP) is 4.12. The van der Waals surface area contributed by atoms with Crippen molar-refractivity contribution in [3.8, 4) is 5.88 Å². The van der Waals surface area contributed by atoms with Gasteiger partial charge in [0.05, 0.1) is 18.6 Å². The lowest BCUT2D eigenvalue weighted by atomic mass is 9.98. The summed E-state index contributed by atoms with van der Waals surface area (Å²) < 4.78 is 7.60. The van der Waals surface area contributed by atoms with Gasteiger partial charge in [0.1, 0.15) is 0 Å². The Bertz CT molecular complexity index is 816. The van der Waals surface area contributed by atoms with E-state index in [1.165, 1.54) is 0 Å². The second-order valence-electron chi connectivity index (χ2n) is 6.43. The summed E-state index contributed by atoms with van der Waals surface area (Å²) in [6.45, 7) is 1.52. The van der Waals surface area contributed by atoms with Gasteiger partial charge in [-0.1, -0.05) is 60.7 Å². The number of ether oxygens (including phenoxy) is 1. The van der Waals surface area contributed by atoms with Gasteiger partial charge in [-0.25, -0.2) is 9.78 Å². The topological polar surface area (TPSA) is 47.4 Å². The fraction of sp³-hybridized carbons (Fsp3) is 0.238. The first-order valence-corrected chi connectivity index (χ1v) is 8.91. The minimum Gasteiger partial charge on any atom is -0.391 e. The molecule has 0 aliphatic carbocycles. The van der Waals surface area contributed by atoms with E-state index in [1.807, 2.05) is 41.0 Å². The van der Waals surface area contributed by atoms with Crippen LogP contribution >= 0.6 is 0 Å². The quantitative estimate of drug-likeness (QED) is 0.713. The van der Waals surface area contributed by atoms with Crippen molar-refractivity contribution >= 4 is 6.09 Å². The van der Waals surface area contributed by atoms with Crippen molar-refractivity contribution < 1.29 is 9.53 Å². The molecule has 1 amide bonds. The van der Waals surface area contributed by atoms with Crippen molar-refractivity contribution in [2.75, 3.05) is 13.1 Å². The third kappa shape index (κ3) is 3.33. The van der Waals surface area contributed by atoms with E-state index in [2.05, 4.69) is 29.2 Å². The number of imidazole rings is 1. The van der Waals surface area contributed by atoms with Gasteiger partial charge in [0, 0.05) is 13.1 Å². The lowest BCUT2D eigenvalue weighted by Crippen LogP contribution is -2.31. The first-order chi connectivity index (χ1) is 12.8. The molecule has 5 nitrogen and oxygen atoms in total. The molecule has 0 N–H and O–H groups in total. The first kappa shape index (κ1) is 16.4. The summed E-state index contributed by atoms with van der Waals surface area (Å²) >= 11 is 0. The van der Waals surface area contributed by atoms with Gasteiger partial charge in [-0.2, -0.15) is 0 Å². The second kappa shape index (κ2) is 7.44. The number of hydrogen-bond acceptors (Lipinski definition) is 3. The van der Waals surface area contributed by atoms with Crippen LogP contribution in [0.15, 0.2) is 73.2 Å². The van der Waals surface area contributed by atoms with E-state index in [9.17, 15) is 4.79 Å². The third-order valence-corrected chi connectivity index (χ3v) is 4.70. The Morgan fingerprint density at radius 3 is 2.08 bits per heavy atom. The maximum Gasteiger partial charge on any atom is 0.416 e. The average molecular weight is 347 g/mol. The SMILES string of the molecule is O=C(Oc1cncn1C(c1ccccc1)c1ccccc1)N1CCCC1. The highest BCUT2D eigenvalue weighted by Gasteiger charge is 2.24. The fourth-order valence-corrected chi connectivity index (χ4v) is 3.40. The van der Waals surface area contributed by atoms with E-state index >= 15 is 0 Å². The van der Waals surface area contributed by atoms with Gasteiger partial charge in [0.15, 0.2) is 0 Å². The smallest absolute Gasteiger partial charge is 0.391 e. The van der Waals surface area contributed by atoms with Gasteiger partial charge in [-0.05, 0) is 24.0 Å². The van der Waals surface area contributed by atoms with E-state index in [0.717, 1.165) is 37.1 Å². The van der Waals surface area contributed by atoms with E-state index in [4.69, 9.17) is 4.74 Å². The maximum atomic E-state index is 12.4. The Morgan fingerprint density at radius 1 is 0.923 bits per heavy atom. The molecule has 0 atom stereocenters. The van der Waals surface area contributed by atoms with Crippen molar-refractivity contribution in [3.05, 3.63) is 84.3 Å². The molecule has 5 heteroatoms. The highest BCUT2D eigenvalue weighted by molar-refractivity contribution is 5.70. The normalized spacial score (nSPS) is 14.0. The van der Waals surface area contributed by atoms with Crippen molar-refractivity contribution in [2.24, 2.45) is 0 Å². The standard InChI is InChI=1S/C21H21N3O2/c25-21(23-13-7-8-14-23)26-19-15-22-16-24(19)20(17-9-3-1-4-10-17)18-11-5-2-6-12-18/h1-6,9-12,15-16,20H,7-8,13-14H2. The summed E-state index contributed by atoms with van der Waals surface area (Å²) in [5.41, 5.74) is 2.21.